The van der Waals surface area contributed by atoms with Crippen molar-refractivity contribution >= 4 is 35.3 Å². The Morgan fingerprint density at radius 2 is 1.74 bits per heavy atom. The van der Waals surface area contributed by atoms with Crippen LogP contribution in [0, 0.1) is 12.7 Å². The molecule has 0 saturated heterocycles. The lowest BCUT2D eigenvalue weighted by atomic mass is 10.2. The Morgan fingerprint density at radius 3 is 2.42 bits per heavy atom. The zero-order valence-electron chi connectivity index (χ0n) is 16.6. The first-order valence-electron chi connectivity index (χ1n) is 9.29. The summed E-state index contributed by atoms with van der Waals surface area (Å²) >= 11 is 5.98. The Labute approximate surface area is 183 Å². The third-order valence-electron chi connectivity index (χ3n) is 4.22. The highest BCUT2D eigenvalue weighted by molar-refractivity contribution is 6.39. The molecule has 0 unspecified atom stereocenters. The van der Waals surface area contributed by atoms with Gasteiger partial charge in [0.05, 0.1) is 11.2 Å². The van der Waals surface area contributed by atoms with Gasteiger partial charge in [0.15, 0.2) is 0 Å². The Bertz CT molecular complexity index is 1080. The number of anilines is 1. The van der Waals surface area contributed by atoms with Crippen LogP contribution in [0.15, 0.2) is 71.8 Å². The summed E-state index contributed by atoms with van der Waals surface area (Å²) in [6, 6.07) is 18.2. The highest BCUT2D eigenvalue weighted by atomic mass is 35.5. The molecule has 0 bridgehead atoms. The number of ether oxygens (including phenoxy) is 1. The van der Waals surface area contributed by atoms with Gasteiger partial charge in [0.2, 0.25) is 0 Å². The van der Waals surface area contributed by atoms with Crippen molar-refractivity contribution in [3.63, 3.8) is 0 Å². The van der Waals surface area contributed by atoms with Crippen molar-refractivity contribution in [2.24, 2.45) is 5.10 Å². The second kappa shape index (κ2) is 10.4. The molecule has 6 nitrogen and oxygen atoms in total. The van der Waals surface area contributed by atoms with Crippen molar-refractivity contribution < 1.29 is 18.7 Å². The van der Waals surface area contributed by atoms with E-state index in [1.807, 2.05) is 19.1 Å². The van der Waals surface area contributed by atoms with Gasteiger partial charge < -0.3 is 10.1 Å². The number of nitrogens with one attached hydrogen (secondary N) is 2. The fourth-order valence-electron chi connectivity index (χ4n) is 2.52. The minimum Gasteiger partial charge on any atom is -0.489 e. The minimum absolute atomic E-state index is 0.00883. The standard InChI is InChI=1S/C23H19ClFN3O3/c1-15-5-9-17(10-6-15)27-22(29)23(30)28-26-13-16-7-11-18(12-8-16)31-14-19-20(24)3-2-4-21(19)25/h2-13H,14H2,1H3,(H,27,29)(H,28,30)/b26-13+. The zero-order chi connectivity index (χ0) is 22.2. The molecule has 3 rings (SSSR count). The van der Waals surface area contributed by atoms with Gasteiger partial charge in [-0.15, -0.1) is 0 Å². The number of hydrogen-bond acceptors (Lipinski definition) is 4. The zero-order valence-corrected chi connectivity index (χ0v) is 17.3. The average Bonchev–Trinajstić information content (AvgIpc) is 2.76. The second-order valence-corrected chi connectivity index (χ2v) is 6.98. The summed E-state index contributed by atoms with van der Waals surface area (Å²) in [4.78, 5) is 23.7. The van der Waals surface area contributed by atoms with Crippen LogP contribution < -0.4 is 15.5 Å². The average molecular weight is 440 g/mol. The van der Waals surface area contributed by atoms with Crippen LogP contribution in [-0.2, 0) is 16.2 Å². The SMILES string of the molecule is Cc1ccc(NC(=O)C(=O)N/N=C/c2ccc(OCc3c(F)cccc3Cl)cc2)cc1. The number of rotatable bonds is 6. The molecule has 2 amide bonds. The maximum absolute atomic E-state index is 13.8. The minimum atomic E-state index is -0.890. The summed E-state index contributed by atoms with van der Waals surface area (Å²) in [5, 5.41) is 6.55. The summed E-state index contributed by atoms with van der Waals surface area (Å²) in [5.74, 6) is -1.63. The van der Waals surface area contributed by atoms with Crippen molar-refractivity contribution in [2.75, 3.05) is 5.32 Å². The molecule has 0 radical (unpaired) electrons. The molecular weight excluding hydrogens is 421 g/mol. The molecule has 0 fully saturated rings. The lowest BCUT2D eigenvalue weighted by Crippen LogP contribution is -2.32. The van der Waals surface area contributed by atoms with E-state index in [2.05, 4.69) is 15.8 Å². The highest BCUT2D eigenvalue weighted by Gasteiger charge is 2.12. The van der Waals surface area contributed by atoms with E-state index in [1.165, 1.54) is 18.3 Å². The van der Waals surface area contributed by atoms with Crippen LogP contribution >= 0.6 is 11.6 Å². The fourth-order valence-corrected chi connectivity index (χ4v) is 2.73. The summed E-state index contributed by atoms with van der Waals surface area (Å²) in [6.07, 6.45) is 1.38. The van der Waals surface area contributed by atoms with E-state index in [-0.39, 0.29) is 12.2 Å². The first-order chi connectivity index (χ1) is 14.9. The quantitative estimate of drug-likeness (QED) is 0.338. The molecule has 3 aromatic rings. The van der Waals surface area contributed by atoms with E-state index in [4.69, 9.17) is 16.3 Å². The fraction of sp³-hybridized carbons (Fsp3) is 0.0870. The Hall–Kier alpha value is -3.71. The summed E-state index contributed by atoms with van der Waals surface area (Å²) in [5.41, 5.74) is 4.67. The van der Waals surface area contributed by atoms with Gasteiger partial charge in [-0.1, -0.05) is 35.4 Å². The van der Waals surface area contributed by atoms with E-state index in [1.54, 1.807) is 42.5 Å². The molecule has 0 spiro atoms. The molecule has 2 N–H and O–H groups in total. The van der Waals surface area contributed by atoms with Gasteiger partial charge in [0.25, 0.3) is 0 Å². The third-order valence-corrected chi connectivity index (χ3v) is 4.57. The molecule has 0 aliphatic heterocycles. The predicted octanol–water partition coefficient (Wildman–Crippen LogP) is 4.46. The first kappa shape index (κ1) is 22.0. The van der Waals surface area contributed by atoms with Crippen molar-refractivity contribution in [3.05, 3.63) is 94.3 Å². The number of hydrogen-bond donors (Lipinski definition) is 2. The molecule has 8 heteroatoms. The van der Waals surface area contributed by atoms with Gasteiger partial charge in [-0.2, -0.15) is 5.10 Å². The van der Waals surface area contributed by atoms with Crippen molar-refractivity contribution in [3.8, 4) is 5.75 Å². The van der Waals surface area contributed by atoms with Gasteiger partial charge in [0, 0.05) is 11.3 Å². The van der Waals surface area contributed by atoms with E-state index in [0.29, 0.717) is 22.0 Å². The maximum atomic E-state index is 13.8. The van der Waals surface area contributed by atoms with Gasteiger partial charge >= 0.3 is 11.8 Å². The Morgan fingerprint density at radius 1 is 1.03 bits per heavy atom. The highest BCUT2D eigenvalue weighted by Crippen LogP contribution is 2.21. The maximum Gasteiger partial charge on any atom is 0.329 e. The number of hydrazone groups is 1. The van der Waals surface area contributed by atoms with Crippen molar-refractivity contribution in [2.45, 2.75) is 13.5 Å². The van der Waals surface area contributed by atoms with Crippen LogP contribution in [-0.4, -0.2) is 18.0 Å². The van der Waals surface area contributed by atoms with Gasteiger partial charge in [-0.05, 0) is 61.0 Å². The van der Waals surface area contributed by atoms with E-state index >= 15 is 0 Å². The van der Waals surface area contributed by atoms with Gasteiger partial charge in [-0.3, -0.25) is 9.59 Å². The second-order valence-electron chi connectivity index (χ2n) is 6.58. The topological polar surface area (TPSA) is 79.8 Å². The summed E-state index contributed by atoms with van der Waals surface area (Å²) < 4.78 is 19.3. The molecule has 0 aromatic heterocycles. The number of benzene rings is 3. The van der Waals surface area contributed by atoms with Crippen LogP contribution in [0.25, 0.3) is 0 Å². The summed E-state index contributed by atoms with van der Waals surface area (Å²) in [7, 11) is 0. The van der Waals surface area contributed by atoms with Crippen LogP contribution in [0.5, 0.6) is 5.75 Å². The van der Waals surface area contributed by atoms with Crippen molar-refractivity contribution in [1.82, 2.24) is 5.43 Å². The van der Waals surface area contributed by atoms with Crippen LogP contribution in [0.3, 0.4) is 0 Å². The molecule has 0 aliphatic rings. The molecule has 3 aromatic carbocycles. The Balaban J connectivity index is 1.49. The number of halogens is 2. The molecule has 31 heavy (non-hydrogen) atoms. The summed E-state index contributed by atoms with van der Waals surface area (Å²) in [6.45, 7) is 1.91. The number of nitrogens with zero attached hydrogens (tertiary/aromatic N) is 1. The number of amides is 2. The van der Waals surface area contributed by atoms with E-state index < -0.39 is 17.6 Å². The van der Waals surface area contributed by atoms with Crippen molar-refractivity contribution in [1.29, 1.82) is 0 Å². The smallest absolute Gasteiger partial charge is 0.329 e. The molecule has 0 atom stereocenters. The van der Waals surface area contributed by atoms with Crippen LogP contribution in [0.1, 0.15) is 16.7 Å². The van der Waals surface area contributed by atoms with Gasteiger partial charge in [-0.25, -0.2) is 9.82 Å². The van der Waals surface area contributed by atoms with E-state index in [0.717, 1.165) is 5.56 Å². The monoisotopic (exact) mass is 439 g/mol. The number of carbonyl (C=O) groups is 2. The largest absolute Gasteiger partial charge is 0.489 e. The first-order valence-corrected chi connectivity index (χ1v) is 9.67. The predicted molar refractivity (Wildman–Crippen MR) is 118 cm³/mol. The molecule has 0 aliphatic carbocycles. The lowest BCUT2D eigenvalue weighted by Gasteiger charge is -2.09. The molecule has 0 heterocycles. The third kappa shape index (κ3) is 6.38. The van der Waals surface area contributed by atoms with E-state index in [9.17, 15) is 14.0 Å². The number of aryl methyl sites for hydroxylation is 1. The Kier molecular flexibility index (Phi) is 7.35. The molecule has 0 saturated carbocycles. The van der Waals surface area contributed by atoms with Crippen LogP contribution in [0.2, 0.25) is 5.02 Å². The van der Waals surface area contributed by atoms with Gasteiger partial charge in [0.1, 0.15) is 18.2 Å². The lowest BCUT2D eigenvalue weighted by molar-refractivity contribution is -0.136. The van der Waals surface area contributed by atoms with Crippen LogP contribution in [0.4, 0.5) is 10.1 Å². The molecule has 158 valence electrons. The number of carbonyl (C=O) groups excluding carboxylic acids is 2. The normalized spacial score (nSPS) is 10.7. The molecular formula is C23H19ClFN3O3.